The molecular weight excluding hydrogens is 388 g/mol. The van der Waals surface area contributed by atoms with E-state index < -0.39 is 23.5 Å². The zero-order chi connectivity index (χ0) is 22.0. The molecule has 158 valence electrons. The number of nitrogens with zero attached hydrogens (tertiary/aromatic N) is 1. The number of carbonyl (C=O) groups is 2. The molecule has 0 N–H and O–H groups in total. The van der Waals surface area contributed by atoms with Gasteiger partial charge in [-0.3, -0.25) is 4.79 Å². The quantitative estimate of drug-likeness (QED) is 0.645. The molecule has 0 saturated heterocycles. The maximum Gasteiger partial charge on any atom is 0.336 e. The Morgan fingerprint density at radius 1 is 1.17 bits per heavy atom. The van der Waals surface area contributed by atoms with Gasteiger partial charge in [0, 0.05) is 29.7 Å². The van der Waals surface area contributed by atoms with Crippen LogP contribution >= 0.6 is 0 Å². The number of amides is 1. The van der Waals surface area contributed by atoms with E-state index >= 15 is 0 Å². The number of allylic oxidation sites excluding steroid dienone is 1. The van der Waals surface area contributed by atoms with Crippen molar-refractivity contribution in [3.05, 3.63) is 82.1 Å². The van der Waals surface area contributed by atoms with Crippen LogP contribution in [0, 0.1) is 11.6 Å². The fraction of sp³-hybridized carbons (Fsp3) is 0.333. The molecule has 0 saturated carbocycles. The van der Waals surface area contributed by atoms with Gasteiger partial charge in [-0.15, -0.1) is 0 Å². The summed E-state index contributed by atoms with van der Waals surface area (Å²) in [6.45, 7) is 5.75. The summed E-state index contributed by atoms with van der Waals surface area (Å²) in [6.07, 6.45) is 0.0611. The smallest absolute Gasteiger partial charge is 0.336 e. The van der Waals surface area contributed by atoms with E-state index in [1.54, 1.807) is 6.92 Å². The first-order chi connectivity index (χ1) is 14.2. The van der Waals surface area contributed by atoms with Crippen LogP contribution in [0.5, 0.6) is 0 Å². The summed E-state index contributed by atoms with van der Waals surface area (Å²) >= 11 is 0. The van der Waals surface area contributed by atoms with Crippen LogP contribution in [-0.4, -0.2) is 23.9 Å². The number of benzene rings is 2. The Labute approximate surface area is 175 Å². The molecular formula is C24H25F2NO3. The fourth-order valence-electron chi connectivity index (χ4n) is 3.80. The molecule has 0 spiro atoms. The maximum absolute atomic E-state index is 14.1. The lowest BCUT2D eigenvalue weighted by Crippen LogP contribution is -2.38. The first-order valence-electron chi connectivity index (χ1n) is 9.86. The summed E-state index contributed by atoms with van der Waals surface area (Å²) in [4.78, 5) is 26.9. The first-order valence-corrected chi connectivity index (χ1v) is 9.86. The van der Waals surface area contributed by atoms with Gasteiger partial charge in [-0.05, 0) is 30.0 Å². The predicted molar refractivity (Wildman–Crippen MR) is 110 cm³/mol. The standard InChI is InChI=1S/C24H25F2NO3/c1-14(2)16-5-7-17(8-6-16)20-12-22(28)27(15(3)23(20)24(29)30-4)13-18-9-10-19(25)11-21(18)26/h5-11,14,20H,12-13H2,1-4H3/t20-/m1/s1. The van der Waals surface area contributed by atoms with Crippen LogP contribution in [0.1, 0.15) is 55.7 Å². The molecule has 0 radical (unpaired) electrons. The predicted octanol–water partition coefficient (Wildman–Crippen LogP) is 5.05. The molecule has 6 heteroatoms. The molecule has 4 nitrogen and oxygen atoms in total. The molecule has 1 amide bonds. The van der Waals surface area contributed by atoms with E-state index in [9.17, 15) is 18.4 Å². The van der Waals surface area contributed by atoms with E-state index in [1.807, 2.05) is 24.3 Å². The van der Waals surface area contributed by atoms with Crippen LogP contribution < -0.4 is 0 Å². The maximum atomic E-state index is 14.1. The minimum atomic E-state index is -0.735. The molecule has 1 aliphatic rings. The molecule has 0 fully saturated rings. The average Bonchev–Trinajstić information content (AvgIpc) is 2.71. The molecule has 1 heterocycles. The van der Waals surface area contributed by atoms with Crippen molar-refractivity contribution in [2.24, 2.45) is 0 Å². The number of methoxy groups -OCH3 is 1. The van der Waals surface area contributed by atoms with Crippen LogP contribution in [0.4, 0.5) is 8.78 Å². The summed E-state index contributed by atoms with van der Waals surface area (Å²) in [7, 11) is 1.29. The normalized spacial score (nSPS) is 17.0. The topological polar surface area (TPSA) is 46.6 Å². The third-order valence-corrected chi connectivity index (χ3v) is 5.58. The second kappa shape index (κ2) is 8.78. The summed E-state index contributed by atoms with van der Waals surface area (Å²) in [5.41, 5.74) is 2.97. The number of hydrogen-bond acceptors (Lipinski definition) is 3. The van der Waals surface area contributed by atoms with Gasteiger partial charge in [-0.25, -0.2) is 13.6 Å². The van der Waals surface area contributed by atoms with Gasteiger partial charge in [0.1, 0.15) is 11.6 Å². The zero-order valence-corrected chi connectivity index (χ0v) is 17.5. The molecule has 3 rings (SSSR count). The molecule has 1 aliphatic heterocycles. The fourth-order valence-corrected chi connectivity index (χ4v) is 3.80. The van der Waals surface area contributed by atoms with Crippen molar-refractivity contribution < 1.29 is 23.1 Å². The molecule has 2 aromatic rings. The largest absolute Gasteiger partial charge is 0.466 e. The van der Waals surface area contributed by atoms with Gasteiger partial charge in [0.05, 0.1) is 19.2 Å². The summed E-state index contributed by atoms with van der Waals surface area (Å²) in [5, 5.41) is 0. The number of hydrogen-bond donors (Lipinski definition) is 0. The second-order valence-corrected chi connectivity index (χ2v) is 7.78. The summed E-state index contributed by atoms with van der Waals surface area (Å²) in [5.74, 6) is -2.26. The summed E-state index contributed by atoms with van der Waals surface area (Å²) in [6, 6.07) is 11.1. The minimum Gasteiger partial charge on any atom is -0.466 e. The lowest BCUT2D eigenvalue weighted by molar-refractivity contribution is -0.138. The molecule has 0 aliphatic carbocycles. The van der Waals surface area contributed by atoms with Crippen molar-refractivity contribution in [1.29, 1.82) is 0 Å². The zero-order valence-electron chi connectivity index (χ0n) is 17.5. The van der Waals surface area contributed by atoms with E-state index in [2.05, 4.69) is 13.8 Å². The first kappa shape index (κ1) is 21.7. The Hall–Kier alpha value is -3.02. The SMILES string of the molecule is COC(=O)C1=C(C)N(Cc2ccc(F)cc2F)C(=O)C[C@@H]1c1ccc(C(C)C)cc1. The van der Waals surface area contributed by atoms with Crippen LogP contribution in [0.15, 0.2) is 53.7 Å². The lowest BCUT2D eigenvalue weighted by Gasteiger charge is -2.34. The lowest BCUT2D eigenvalue weighted by atomic mass is 9.83. The Morgan fingerprint density at radius 3 is 2.40 bits per heavy atom. The number of esters is 1. The number of halogens is 2. The number of rotatable bonds is 5. The third kappa shape index (κ3) is 4.27. The Morgan fingerprint density at radius 2 is 1.83 bits per heavy atom. The van der Waals surface area contributed by atoms with E-state index in [0.717, 1.165) is 23.3 Å². The molecule has 0 unspecified atom stereocenters. The van der Waals surface area contributed by atoms with Gasteiger partial charge in [0.15, 0.2) is 0 Å². The highest BCUT2D eigenvalue weighted by Crippen LogP contribution is 2.38. The second-order valence-electron chi connectivity index (χ2n) is 7.78. The van der Waals surface area contributed by atoms with Gasteiger partial charge in [-0.1, -0.05) is 44.2 Å². The van der Waals surface area contributed by atoms with Crippen LogP contribution in [-0.2, 0) is 20.9 Å². The van der Waals surface area contributed by atoms with Gasteiger partial charge in [-0.2, -0.15) is 0 Å². The van der Waals surface area contributed by atoms with Gasteiger partial charge in [0.2, 0.25) is 5.91 Å². The van der Waals surface area contributed by atoms with Crippen molar-refractivity contribution in [1.82, 2.24) is 4.90 Å². The Kier molecular flexibility index (Phi) is 6.34. The molecule has 1 atom stereocenters. The Bertz CT molecular complexity index is 996. The highest BCUT2D eigenvalue weighted by Gasteiger charge is 2.37. The van der Waals surface area contributed by atoms with E-state index in [0.29, 0.717) is 17.2 Å². The van der Waals surface area contributed by atoms with E-state index in [-0.39, 0.29) is 24.4 Å². The third-order valence-electron chi connectivity index (χ3n) is 5.58. The van der Waals surface area contributed by atoms with E-state index in [4.69, 9.17) is 4.74 Å². The number of ether oxygens (including phenoxy) is 1. The van der Waals surface area contributed by atoms with Gasteiger partial charge < -0.3 is 9.64 Å². The summed E-state index contributed by atoms with van der Waals surface area (Å²) < 4.78 is 32.3. The van der Waals surface area contributed by atoms with Crippen molar-refractivity contribution in [3.8, 4) is 0 Å². The molecule has 30 heavy (non-hydrogen) atoms. The van der Waals surface area contributed by atoms with Gasteiger partial charge in [0.25, 0.3) is 0 Å². The highest BCUT2D eigenvalue weighted by atomic mass is 19.1. The molecule has 2 aromatic carbocycles. The molecule has 0 aromatic heterocycles. The van der Waals surface area contributed by atoms with Crippen LogP contribution in [0.3, 0.4) is 0 Å². The van der Waals surface area contributed by atoms with Crippen molar-refractivity contribution in [2.75, 3.05) is 7.11 Å². The van der Waals surface area contributed by atoms with Crippen molar-refractivity contribution in [3.63, 3.8) is 0 Å². The van der Waals surface area contributed by atoms with Crippen LogP contribution in [0.25, 0.3) is 0 Å². The van der Waals surface area contributed by atoms with Gasteiger partial charge >= 0.3 is 5.97 Å². The van der Waals surface area contributed by atoms with Crippen molar-refractivity contribution >= 4 is 11.9 Å². The number of carbonyl (C=O) groups excluding carboxylic acids is 2. The average molecular weight is 413 g/mol. The minimum absolute atomic E-state index is 0.0611. The highest BCUT2D eigenvalue weighted by molar-refractivity contribution is 5.95. The van der Waals surface area contributed by atoms with E-state index in [1.165, 1.54) is 18.1 Å². The molecule has 0 bridgehead atoms. The van der Waals surface area contributed by atoms with Crippen molar-refractivity contribution in [2.45, 2.75) is 45.6 Å². The van der Waals surface area contributed by atoms with Crippen LogP contribution in [0.2, 0.25) is 0 Å². The monoisotopic (exact) mass is 413 g/mol. The Balaban J connectivity index is 2.01.